The van der Waals surface area contributed by atoms with Crippen LogP contribution in [0.15, 0.2) is 23.4 Å². The van der Waals surface area contributed by atoms with Crippen molar-refractivity contribution >= 4 is 47.5 Å². The molecule has 8 nitrogen and oxygen atoms in total. The molecule has 160 valence electrons. The van der Waals surface area contributed by atoms with Crippen LogP contribution in [0.1, 0.15) is 38.1 Å². The Bertz CT molecular complexity index is 1250. The number of nitrogens with zero attached hydrogens (tertiary/aromatic N) is 5. The van der Waals surface area contributed by atoms with Crippen LogP contribution < -0.4 is 10.5 Å². The Hall–Kier alpha value is -2.04. The van der Waals surface area contributed by atoms with Gasteiger partial charge in [-0.3, -0.25) is 9.36 Å². The van der Waals surface area contributed by atoms with Gasteiger partial charge in [-0.05, 0) is 18.9 Å². The van der Waals surface area contributed by atoms with E-state index in [2.05, 4.69) is 9.88 Å². The number of thiophene rings is 1. The molecule has 1 aliphatic carbocycles. The zero-order valence-electron chi connectivity index (χ0n) is 17.0. The second-order valence-electron chi connectivity index (χ2n) is 8.19. The molecule has 0 spiro atoms. The minimum absolute atomic E-state index is 0.0303. The first-order valence-corrected chi connectivity index (χ1v) is 13.1. The van der Waals surface area contributed by atoms with E-state index in [0.717, 1.165) is 41.6 Å². The standard InChI is InChI=1S/C20H25N5O3S2/c1-30(27,28)24-11-9-23(10-12-24)15-7-8-21-19-16(15)17-18(29-19)20(26)25(13-22-17)14-5-3-2-4-6-14/h7-8,13-14H,2-6,9-12H2,1H3. The summed E-state index contributed by atoms with van der Waals surface area (Å²) in [7, 11) is -3.18. The van der Waals surface area contributed by atoms with Crippen molar-refractivity contribution in [2.75, 3.05) is 37.3 Å². The molecule has 0 aromatic carbocycles. The summed E-state index contributed by atoms with van der Waals surface area (Å²) in [5.74, 6) is 0. The van der Waals surface area contributed by atoms with Gasteiger partial charge in [-0.25, -0.2) is 18.4 Å². The molecule has 0 amide bonds. The summed E-state index contributed by atoms with van der Waals surface area (Å²) in [6, 6.07) is 2.18. The van der Waals surface area contributed by atoms with Crippen LogP contribution in [0.4, 0.5) is 5.69 Å². The van der Waals surface area contributed by atoms with Crippen LogP contribution in [0, 0.1) is 0 Å². The Balaban J connectivity index is 1.55. The van der Waals surface area contributed by atoms with Gasteiger partial charge >= 0.3 is 0 Å². The van der Waals surface area contributed by atoms with Gasteiger partial charge in [-0.15, -0.1) is 11.3 Å². The molecule has 5 rings (SSSR count). The highest BCUT2D eigenvalue weighted by molar-refractivity contribution is 7.88. The number of sulfonamides is 1. The van der Waals surface area contributed by atoms with E-state index in [1.165, 1.54) is 28.3 Å². The molecule has 1 saturated carbocycles. The largest absolute Gasteiger partial charge is 0.368 e. The first-order valence-electron chi connectivity index (χ1n) is 10.4. The topological polar surface area (TPSA) is 88.4 Å². The van der Waals surface area contributed by atoms with Gasteiger partial charge < -0.3 is 4.90 Å². The van der Waals surface area contributed by atoms with Gasteiger partial charge in [0, 0.05) is 38.4 Å². The molecule has 2 fully saturated rings. The summed E-state index contributed by atoms with van der Waals surface area (Å²) in [5, 5.41) is 0.901. The lowest BCUT2D eigenvalue weighted by atomic mass is 9.95. The third kappa shape index (κ3) is 3.40. The van der Waals surface area contributed by atoms with E-state index in [9.17, 15) is 13.2 Å². The molecule has 10 heteroatoms. The highest BCUT2D eigenvalue weighted by Crippen LogP contribution is 2.37. The molecular formula is C20H25N5O3S2. The second-order valence-corrected chi connectivity index (χ2v) is 11.2. The zero-order chi connectivity index (χ0) is 20.9. The Labute approximate surface area is 179 Å². The minimum atomic E-state index is -3.18. The van der Waals surface area contributed by atoms with E-state index in [4.69, 9.17) is 4.98 Å². The molecule has 1 aliphatic heterocycles. The van der Waals surface area contributed by atoms with Crippen molar-refractivity contribution in [3.05, 3.63) is 28.9 Å². The first kappa shape index (κ1) is 19.9. The van der Waals surface area contributed by atoms with Crippen LogP contribution in [-0.4, -0.2) is 59.7 Å². The molecule has 0 N–H and O–H groups in total. The number of pyridine rings is 1. The number of anilines is 1. The van der Waals surface area contributed by atoms with Crippen LogP contribution in [0.5, 0.6) is 0 Å². The maximum atomic E-state index is 13.3. The summed E-state index contributed by atoms with van der Waals surface area (Å²) < 4.78 is 27.6. The molecule has 30 heavy (non-hydrogen) atoms. The number of fused-ring (bicyclic) bond motifs is 3. The third-order valence-corrected chi connectivity index (χ3v) is 8.68. The SMILES string of the molecule is CS(=O)(=O)N1CCN(c2ccnc3sc4c(=O)n(C5CCCCC5)cnc4c23)CC1. The smallest absolute Gasteiger partial charge is 0.271 e. The number of hydrogen-bond acceptors (Lipinski definition) is 7. The van der Waals surface area contributed by atoms with Gasteiger partial charge in [0.05, 0.1) is 29.2 Å². The predicted molar refractivity (Wildman–Crippen MR) is 120 cm³/mol. The highest BCUT2D eigenvalue weighted by atomic mass is 32.2. The Kier molecular flexibility index (Phi) is 5.03. The Morgan fingerprint density at radius 2 is 1.80 bits per heavy atom. The fourth-order valence-electron chi connectivity index (χ4n) is 4.69. The molecule has 2 aliphatic rings. The predicted octanol–water partition coefficient (Wildman–Crippen LogP) is 2.59. The number of piperazine rings is 1. The van der Waals surface area contributed by atoms with Gasteiger partial charge in [-0.1, -0.05) is 19.3 Å². The fourth-order valence-corrected chi connectivity index (χ4v) is 6.57. The van der Waals surface area contributed by atoms with Crippen molar-refractivity contribution in [3.8, 4) is 0 Å². The average Bonchev–Trinajstić information content (AvgIpc) is 3.14. The molecule has 0 bridgehead atoms. The third-order valence-electron chi connectivity index (χ3n) is 6.30. The molecule has 1 saturated heterocycles. The molecule has 3 aromatic heterocycles. The van der Waals surface area contributed by atoms with Crippen molar-refractivity contribution < 1.29 is 8.42 Å². The van der Waals surface area contributed by atoms with Gasteiger partial charge in [-0.2, -0.15) is 4.31 Å². The number of hydrogen-bond donors (Lipinski definition) is 0. The van der Waals surface area contributed by atoms with Crippen molar-refractivity contribution in [2.45, 2.75) is 38.1 Å². The Morgan fingerprint density at radius 1 is 1.07 bits per heavy atom. The lowest BCUT2D eigenvalue weighted by molar-refractivity contribution is 0.345. The van der Waals surface area contributed by atoms with Crippen LogP contribution in [0.25, 0.3) is 20.4 Å². The lowest BCUT2D eigenvalue weighted by Gasteiger charge is -2.35. The fraction of sp³-hybridized carbons (Fsp3) is 0.550. The van der Waals surface area contributed by atoms with Crippen molar-refractivity contribution in [1.82, 2.24) is 18.8 Å². The zero-order valence-corrected chi connectivity index (χ0v) is 18.6. The molecule has 3 aromatic rings. The van der Waals surface area contributed by atoms with E-state index in [-0.39, 0.29) is 11.6 Å². The monoisotopic (exact) mass is 447 g/mol. The second kappa shape index (κ2) is 7.58. The molecular weight excluding hydrogens is 422 g/mol. The van der Waals surface area contributed by atoms with Crippen LogP contribution in [-0.2, 0) is 10.0 Å². The summed E-state index contributed by atoms with van der Waals surface area (Å²) in [4.78, 5) is 25.5. The minimum Gasteiger partial charge on any atom is -0.368 e. The van der Waals surface area contributed by atoms with E-state index in [1.807, 2.05) is 10.6 Å². The number of rotatable bonds is 3. The summed E-state index contributed by atoms with van der Waals surface area (Å²) in [6.45, 7) is 2.10. The lowest BCUT2D eigenvalue weighted by Crippen LogP contribution is -2.48. The highest BCUT2D eigenvalue weighted by Gasteiger charge is 2.26. The van der Waals surface area contributed by atoms with Crippen LogP contribution in [0.2, 0.25) is 0 Å². The first-order chi connectivity index (χ1) is 14.4. The van der Waals surface area contributed by atoms with Crippen molar-refractivity contribution in [2.24, 2.45) is 0 Å². The molecule has 0 atom stereocenters. The number of aromatic nitrogens is 3. The summed E-state index contributed by atoms with van der Waals surface area (Å²) in [6.07, 6.45) is 10.4. The summed E-state index contributed by atoms with van der Waals surface area (Å²) >= 11 is 1.41. The van der Waals surface area contributed by atoms with Crippen molar-refractivity contribution in [1.29, 1.82) is 0 Å². The van der Waals surface area contributed by atoms with Gasteiger partial charge in [0.1, 0.15) is 9.53 Å². The van der Waals surface area contributed by atoms with Crippen molar-refractivity contribution in [3.63, 3.8) is 0 Å². The molecule has 4 heterocycles. The maximum absolute atomic E-state index is 13.3. The van der Waals surface area contributed by atoms with Gasteiger partial charge in [0.2, 0.25) is 10.0 Å². The van der Waals surface area contributed by atoms with E-state index in [0.29, 0.717) is 36.4 Å². The molecule has 0 unspecified atom stereocenters. The summed E-state index contributed by atoms with van der Waals surface area (Å²) in [5.41, 5.74) is 1.71. The van der Waals surface area contributed by atoms with E-state index < -0.39 is 10.0 Å². The normalized spacial score (nSPS) is 19.7. The van der Waals surface area contributed by atoms with Gasteiger partial charge in [0.15, 0.2) is 0 Å². The van der Waals surface area contributed by atoms with Crippen LogP contribution >= 0.6 is 11.3 Å². The quantitative estimate of drug-likeness (QED) is 0.613. The van der Waals surface area contributed by atoms with E-state index >= 15 is 0 Å². The van der Waals surface area contributed by atoms with Gasteiger partial charge in [0.25, 0.3) is 5.56 Å². The Morgan fingerprint density at radius 3 is 2.50 bits per heavy atom. The average molecular weight is 448 g/mol. The van der Waals surface area contributed by atoms with E-state index in [1.54, 1.807) is 12.5 Å². The van der Waals surface area contributed by atoms with Crippen LogP contribution in [0.3, 0.4) is 0 Å². The molecule has 0 radical (unpaired) electrons. The maximum Gasteiger partial charge on any atom is 0.271 e.